The molecule has 3 N–H and O–H groups in total. The standard InChI is InChI=1S/C53H95N2O7P/c1-6-8-10-12-14-16-18-20-21-22-23-24-25-26-27-28-29-30-31-32-33-34-36-38-40-42-44-46-52(57)54-50(49-62-63(59,60)61-48-47-55(3,4)5)53(58)51(56)45-43-41-39-37-35-19-17-15-13-11-9-7-2/h8,10,14,16,20-21,23-24,26-27,29-30,32-33,50-51,53,56,58H,6-7,9,11-13,15,17-19,22,25,28,31,34-49H2,1-5H3,(H-,54,57,59,60)/b10-8-,16-14-,21-20-,24-23-,27-26-,30-29-,33-32-. The second-order valence-electron chi connectivity index (χ2n) is 17.9. The average molecular weight is 903 g/mol. The van der Waals surface area contributed by atoms with Crippen LogP contribution in [0.5, 0.6) is 0 Å². The summed E-state index contributed by atoms with van der Waals surface area (Å²) in [4.78, 5) is 25.4. The van der Waals surface area contributed by atoms with Gasteiger partial charge in [0.15, 0.2) is 0 Å². The van der Waals surface area contributed by atoms with Gasteiger partial charge in [-0.15, -0.1) is 0 Å². The van der Waals surface area contributed by atoms with Crippen LogP contribution in [0.3, 0.4) is 0 Å². The number of nitrogens with zero attached hydrogens (tertiary/aromatic N) is 1. The van der Waals surface area contributed by atoms with E-state index in [1.54, 1.807) is 0 Å². The van der Waals surface area contributed by atoms with Crippen LogP contribution in [0.4, 0.5) is 0 Å². The van der Waals surface area contributed by atoms with Crippen molar-refractivity contribution in [2.75, 3.05) is 40.9 Å². The van der Waals surface area contributed by atoms with Crippen molar-refractivity contribution in [3.63, 3.8) is 0 Å². The average Bonchev–Trinajstić information content (AvgIpc) is 3.24. The van der Waals surface area contributed by atoms with Gasteiger partial charge < -0.3 is 34.0 Å². The number of carbonyl (C=O) groups excluding carboxylic acids is 1. The number of phosphoric ester groups is 1. The minimum atomic E-state index is -4.68. The molecule has 0 saturated carbocycles. The summed E-state index contributed by atoms with van der Waals surface area (Å²) in [5.41, 5.74) is 0. The highest BCUT2D eigenvalue weighted by atomic mass is 31.2. The molecule has 1 amide bonds. The molecule has 0 fully saturated rings. The van der Waals surface area contributed by atoms with Crippen LogP contribution in [0.1, 0.15) is 187 Å². The molecule has 4 unspecified atom stereocenters. The fourth-order valence-corrected chi connectivity index (χ4v) is 7.48. The number of rotatable bonds is 44. The molecule has 63 heavy (non-hydrogen) atoms. The zero-order valence-electron chi connectivity index (χ0n) is 40.9. The number of aliphatic hydroxyl groups excluding tert-OH is 2. The Hall–Kier alpha value is -2.36. The fourth-order valence-electron chi connectivity index (χ4n) is 6.76. The summed E-state index contributed by atoms with van der Waals surface area (Å²) >= 11 is 0. The number of quaternary nitrogens is 1. The van der Waals surface area contributed by atoms with E-state index in [1.165, 1.54) is 51.4 Å². The van der Waals surface area contributed by atoms with E-state index in [0.717, 1.165) is 103 Å². The van der Waals surface area contributed by atoms with Crippen molar-refractivity contribution in [3.8, 4) is 0 Å². The highest BCUT2D eigenvalue weighted by Gasteiger charge is 2.29. The monoisotopic (exact) mass is 903 g/mol. The number of hydrogen-bond acceptors (Lipinski definition) is 7. The number of aliphatic hydroxyl groups is 2. The van der Waals surface area contributed by atoms with E-state index in [0.29, 0.717) is 23.9 Å². The summed E-state index contributed by atoms with van der Waals surface area (Å²) in [6.07, 6.45) is 56.2. The van der Waals surface area contributed by atoms with Gasteiger partial charge >= 0.3 is 0 Å². The molecule has 0 aliphatic rings. The van der Waals surface area contributed by atoms with Gasteiger partial charge in [-0.2, -0.15) is 0 Å². The van der Waals surface area contributed by atoms with Crippen LogP contribution >= 0.6 is 7.82 Å². The summed E-state index contributed by atoms with van der Waals surface area (Å²) in [5.74, 6) is -0.302. The third-order valence-corrected chi connectivity index (χ3v) is 11.7. The molecular formula is C53H95N2O7P. The summed E-state index contributed by atoms with van der Waals surface area (Å²) in [6, 6.07) is -1.09. The van der Waals surface area contributed by atoms with Crippen molar-refractivity contribution in [1.82, 2.24) is 5.32 Å². The van der Waals surface area contributed by atoms with E-state index >= 15 is 0 Å². The highest BCUT2D eigenvalue weighted by molar-refractivity contribution is 7.45. The van der Waals surface area contributed by atoms with Crippen LogP contribution in [-0.4, -0.2) is 79.8 Å². The smallest absolute Gasteiger partial charge is 0.268 e. The minimum absolute atomic E-state index is 0.0496. The third-order valence-electron chi connectivity index (χ3n) is 10.7. The zero-order valence-corrected chi connectivity index (χ0v) is 41.8. The van der Waals surface area contributed by atoms with E-state index in [9.17, 15) is 24.5 Å². The molecule has 0 aromatic carbocycles. The summed E-state index contributed by atoms with van der Waals surface area (Å²) < 4.78 is 23.2. The topological polar surface area (TPSA) is 128 Å². The molecule has 4 atom stereocenters. The summed E-state index contributed by atoms with van der Waals surface area (Å²) in [7, 11) is 1.10. The lowest BCUT2D eigenvalue weighted by molar-refractivity contribution is -0.870. The molecule has 0 aliphatic carbocycles. The lowest BCUT2D eigenvalue weighted by Crippen LogP contribution is -2.51. The molecule has 364 valence electrons. The second kappa shape index (κ2) is 43.5. The Kier molecular flexibility index (Phi) is 41.9. The van der Waals surface area contributed by atoms with Crippen molar-refractivity contribution in [2.24, 2.45) is 0 Å². The number of nitrogens with one attached hydrogen (secondary N) is 1. The third kappa shape index (κ3) is 44.6. The van der Waals surface area contributed by atoms with Gasteiger partial charge in [0, 0.05) is 6.42 Å². The lowest BCUT2D eigenvalue weighted by Gasteiger charge is -2.31. The van der Waals surface area contributed by atoms with Gasteiger partial charge in [0.1, 0.15) is 19.3 Å². The summed E-state index contributed by atoms with van der Waals surface area (Å²) in [5, 5.41) is 24.7. The number of unbranched alkanes of at least 4 members (excludes halogenated alkanes) is 16. The Bertz CT molecular complexity index is 1320. The van der Waals surface area contributed by atoms with E-state index in [1.807, 2.05) is 21.1 Å². The van der Waals surface area contributed by atoms with E-state index in [-0.39, 0.29) is 18.9 Å². The van der Waals surface area contributed by atoms with Gasteiger partial charge in [-0.25, -0.2) is 0 Å². The van der Waals surface area contributed by atoms with Crippen LogP contribution < -0.4 is 10.2 Å². The van der Waals surface area contributed by atoms with Crippen LogP contribution in [0, 0.1) is 0 Å². The number of allylic oxidation sites excluding steroid dienone is 14. The maximum Gasteiger partial charge on any atom is 0.268 e. The normalized spacial score (nSPS) is 15.4. The Labute approximate surface area is 387 Å². The van der Waals surface area contributed by atoms with Crippen LogP contribution in [0.2, 0.25) is 0 Å². The first-order valence-corrected chi connectivity index (χ1v) is 26.5. The molecule has 0 bridgehead atoms. The molecule has 0 aromatic heterocycles. The first kappa shape index (κ1) is 60.6. The van der Waals surface area contributed by atoms with Gasteiger partial charge in [0.2, 0.25) is 5.91 Å². The predicted octanol–water partition coefficient (Wildman–Crippen LogP) is 12.9. The molecule has 0 aliphatic heterocycles. The minimum Gasteiger partial charge on any atom is -0.756 e. The number of hydrogen-bond donors (Lipinski definition) is 3. The first-order chi connectivity index (χ1) is 30.4. The fraction of sp³-hybridized carbons (Fsp3) is 0.717. The van der Waals surface area contributed by atoms with Crippen molar-refractivity contribution in [3.05, 3.63) is 85.1 Å². The number of likely N-dealkylation sites (N-methyl/N-ethyl adjacent to an activating group) is 1. The quantitative estimate of drug-likeness (QED) is 0.0240. The Morgan fingerprint density at radius 1 is 0.587 bits per heavy atom. The number of carbonyl (C=O) groups is 1. The SMILES string of the molecule is CC/C=C\C/C=C\C/C=C\C/C=C\C/C=C\C/C=C\C/C=C\CCCCCCCC(=O)NC(COP(=O)([O-])OCC[N+](C)(C)C)C(O)C(O)CCCCCCCCCCCCCC. The highest BCUT2D eigenvalue weighted by Crippen LogP contribution is 2.38. The molecule has 0 spiro atoms. The Morgan fingerprint density at radius 3 is 1.46 bits per heavy atom. The van der Waals surface area contributed by atoms with Crippen molar-refractivity contribution in [1.29, 1.82) is 0 Å². The largest absolute Gasteiger partial charge is 0.756 e. The predicted molar refractivity (Wildman–Crippen MR) is 266 cm³/mol. The van der Waals surface area contributed by atoms with Crippen LogP contribution in [0.25, 0.3) is 0 Å². The van der Waals surface area contributed by atoms with Crippen molar-refractivity contribution >= 4 is 13.7 Å². The van der Waals surface area contributed by atoms with Gasteiger partial charge in [-0.1, -0.05) is 195 Å². The maximum atomic E-state index is 12.9. The van der Waals surface area contributed by atoms with Crippen LogP contribution in [-0.2, 0) is 18.4 Å². The van der Waals surface area contributed by atoms with Crippen molar-refractivity contribution < 1.29 is 38.0 Å². The van der Waals surface area contributed by atoms with Gasteiger partial charge in [0.25, 0.3) is 7.82 Å². The van der Waals surface area contributed by atoms with Crippen molar-refractivity contribution in [2.45, 2.75) is 205 Å². The first-order valence-electron chi connectivity index (χ1n) is 25.0. The van der Waals surface area contributed by atoms with Gasteiger partial charge in [0.05, 0.1) is 39.9 Å². The number of amides is 1. The number of phosphoric acid groups is 1. The maximum absolute atomic E-state index is 12.9. The molecule has 9 nitrogen and oxygen atoms in total. The lowest BCUT2D eigenvalue weighted by atomic mass is 9.99. The Morgan fingerprint density at radius 2 is 1.00 bits per heavy atom. The van der Waals surface area contributed by atoms with Gasteiger partial charge in [-0.3, -0.25) is 9.36 Å². The van der Waals surface area contributed by atoms with Gasteiger partial charge in [-0.05, 0) is 70.6 Å². The Balaban J connectivity index is 4.40. The molecule has 0 saturated heterocycles. The van der Waals surface area contributed by atoms with E-state index in [4.69, 9.17) is 9.05 Å². The molecule has 0 radical (unpaired) electrons. The second-order valence-corrected chi connectivity index (χ2v) is 19.3. The molecular weight excluding hydrogens is 808 g/mol. The van der Waals surface area contributed by atoms with E-state index < -0.39 is 32.7 Å². The summed E-state index contributed by atoms with van der Waals surface area (Å²) in [6.45, 7) is 4.29. The molecule has 0 aromatic rings. The van der Waals surface area contributed by atoms with E-state index in [2.05, 4.69) is 104 Å². The molecule has 0 rings (SSSR count). The molecule has 10 heteroatoms. The molecule has 0 heterocycles. The zero-order chi connectivity index (χ0) is 46.5. The van der Waals surface area contributed by atoms with Crippen LogP contribution in [0.15, 0.2) is 85.1 Å².